The van der Waals surface area contributed by atoms with Crippen molar-refractivity contribution in [2.24, 2.45) is 0 Å². The first kappa shape index (κ1) is 7.90. The first-order valence-electron chi connectivity index (χ1n) is 3.11. The molecule has 0 atom stereocenters. The first-order valence-corrected chi connectivity index (χ1v) is 3.48. The molecule has 0 saturated heterocycles. The Balaban J connectivity index is 3.35. The van der Waals surface area contributed by atoms with Crippen molar-refractivity contribution in [1.82, 2.24) is 0 Å². The van der Waals surface area contributed by atoms with Crippen molar-refractivity contribution in [2.75, 3.05) is 5.73 Å². The highest BCUT2D eigenvalue weighted by atomic mass is 35.5. The Morgan fingerprint density at radius 2 is 2.18 bits per heavy atom. The topological polar surface area (TPSA) is 49.8 Å². The molecule has 0 aliphatic carbocycles. The second-order valence-electron chi connectivity index (χ2n) is 2.31. The number of nitrogens with two attached hydrogens (primary N) is 1. The van der Waals surface area contributed by atoms with Crippen molar-refractivity contribution in [1.29, 1.82) is 5.26 Å². The van der Waals surface area contributed by atoms with Crippen LogP contribution in [-0.2, 0) is 0 Å². The van der Waals surface area contributed by atoms with Crippen molar-refractivity contribution >= 4 is 17.3 Å². The van der Waals surface area contributed by atoms with Crippen molar-refractivity contribution in [3.05, 3.63) is 28.3 Å². The van der Waals surface area contributed by atoms with Crippen LogP contribution in [0.1, 0.15) is 11.1 Å². The molecule has 0 saturated carbocycles. The summed E-state index contributed by atoms with van der Waals surface area (Å²) in [5.74, 6) is 0. The normalized spacial score (nSPS) is 9.18. The van der Waals surface area contributed by atoms with Crippen LogP contribution in [0, 0.1) is 18.3 Å². The maximum atomic E-state index is 8.53. The maximum Gasteiger partial charge on any atom is 0.0992 e. The number of nitrogen functional groups attached to an aromatic ring is 1. The van der Waals surface area contributed by atoms with Crippen LogP contribution in [0.25, 0.3) is 0 Å². The van der Waals surface area contributed by atoms with E-state index in [-0.39, 0.29) is 0 Å². The minimum absolute atomic E-state index is 0.461. The fraction of sp³-hybridized carbons (Fsp3) is 0.125. The van der Waals surface area contributed by atoms with Gasteiger partial charge in [0.15, 0.2) is 0 Å². The van der Waals surface area contributed by atoms with Crippen LogP contribution in [0.2, 0.25) is 5.02 Å². The van der Waals surface area contributed by atoms with E-state index in [2.05, 4.69) is 0 Å². The SMILES string of the molecule is Cc1cc(C#N)cc(N)c1Cl. The standard InChI is InChI=1S/C8H7ClN2/c1-5-2-6(4-10)3-7(11)8(5)9/h2-3H,11H2,1H3. The average Bonchev–Trinajstić information content (AvgIpc) is 1.99. The molecule has 0 spiro atoms. The number of anilines is 1. The van der Waals surface area contributed by atoms with E-state index in [9.17, 15) is 0 Å². The molecular formula is C8H7ClN2. The Hall–Kier alpha value is -1.20. The van der Waals surface area contributed by atoms with E-state index >= 15 is 0 Å². The molecule has 1 rings (SSSR count). The Labute approximate surface area is 70.2 Å². The van der Waals surface area contributed by atoms with Gasteiger partial charge in [0.1, 0.15) is 0 Å². The van der Waals surface area contributed by atoms with Crippen LogP contribution in [-0.4, -0.2) is 0 Å². The number of aryl methyl sites for hydroxylation is 1. The summed E-state index contributed by atoms with van der Waals surface area (Å²) in [5, 5.41) is 9.06. The largest absolute Gasteiger partial charge is 0.397 e. The quantitative estimate of drug-likeness (QED) is 0.600. The van der Waals surface area contributed by atoms with Gasteiger partial charge in [0.25, 0.3) is 0 Å². The van der Waals surface area contributed by atoms with Crippen LogP contribution in [0.3, 0.4) is 0 Å². The zero-order valence-corrected chi connectivity index (χ0v) is 6.81. The number of halogens is 1. The Morgan fingerprint density at radius 3 is 2.64 bits per heavy atom. The molecular weight excluding hydrogens is 160 g/mol. The van der Waals surface area contributed by atoms with E-state index in [4.69, 9.17) is 22.6 Å². The average molecular weight is 167 g/mol. The highest BCUT2D eigenvalue weighted by Crippen LogP contribution is 2.23. The highest BCUT2D eigenvalue weighted by Gasteiger charge is 2.01. The molecule has 1 aromatic carbocycles. The van der Waals surface area contributed by atoms with Gasteiger partial charge in [-0.25, -0.2) is 0 Å². The molecule has 3 heteroatoms. The van der Waals surface area contributed by atoms with Gasteiger partial charge in [0, 0.05) is 0 Å². The number of nitrogens with zero attached hydrogens (tertiary/aromatic N) is 1. The summed E-state index contributed by atoms with van der Waals surface area (Å²) in [6, 6.07) is 5.27. The fourth-order valence-corrected chi connectivity index (χ4v) is 0.971. The van der Waals surface area contributed by atoms with Crippen LogP contribution in [0.15, 0.2) is 12.1 Å². The van der Waals surface area contributed by atoms with Gasteiger partial charge in [0.05, 0.1) is 22.3 Å². The van der Waals surface area contributed by atoms with E-state index in [1.807, 2.05) is 13.0 Å². The van der Waals surface area contributed by atoms with Crippen LogP contribution < -0.4 is 5.73 Å². The molecule has 0 aliphatic heterocycles. The molecule has 56 valence electrons. The predicted molar refractivity (Wildman–Crippen MR) is 45.3 cm³/mol. The third-order valence-corrected chi connectivity index (χ3v) is 1.93. The summed E-state index contributed by atoms with van der Waals surface area (Å²) in [4.78, 5) is 0. The van der Waals surface area contributed by atoms with Crippen LogP contribution in [0.5, 0.6) is 0 Å². The zero-order chi connectivity index (χ0) is 8.43. The monoisotopic (exact) mass is 166 g/mol. The minimum Gasteiger partial charge on any atom is -0.397 e. The minimum atomic E-state index is 0.461. The second kappa shape index (κ2) is 2.81. The lowest BCUT2D eigenvalue weighted by atomic mass is 10.1. The third-order valence-electron chi connectivity index (χ3n) is 1.41. The molecule has 0 heterocycles. The van der Waals surface area contributed by atoms with E-state index < -0.39 is 0 Å². The number of hydrogen-bond donors (Lipinski definition) is 1. The number of rotatable bonds is 0. The Morgan fingerprint density at radius 1 is 1.55 bits per heavy atom. The van der Waals surface area contributed by atoms with Gasteiger partial charge in [-0.1, -0.05) is 11.6 Å². The smallest absolute Gasteiger partial charge is 0.0992 e. The lowest BCUT2D eigenvalue weighted by Gasteiger charge is -2.01. The molecule has 0 bridgehead atoms. The summed E-state index contributed by atoms with van der Waals surface area (Å²) in [6.45, 7) is 1.82. The molecule has 2 N–H and O–H groups in total. The molecule has 0 unspecified atom stereocenters. The van der Waals surface area contributed by atoms with Crippen LogP contribution >= 0.6 is 11.6 Å². The summed E-state index contributed by atoms with van der Waals surface area (Å²) in [5.41, 5.74) is 7.36. The maximum absolute atomic E-state index is 8.53. The Bertz CT molecular complexity index is 302. The van der Waals surface area contributed by atoms with Gasteiger partial charge in [-0.05, 0) is 24.6 Å². The summed E-state index contributed by atoms with van der Waals surface area (Å²) in [7, 11) is 0. The number of benzene rings is 1. The molecule has 0 radical (unpaired) electrons. The van der Waals surface area contributed by atoms with Gasteiger partial charge in [0.2, 0.25) is 0 Å². The van der Waals surface area contributed by atoms with Gasteiger partial charge < -0.3 is 5.73 Å². The van der Waals surface area contributed by atoms with Crippen molar-refractivity contribution in [3.63, 3.8) is 0 Å². The fourth-order valence-electron chi connectivity index (χ4n) is 0.861. The molecule has 1 aromatic rings. The molecule has 0 amide bonds. The van der Waals surface area contributed by atoms with E-state index in [0.29, 0.717) is 16.3 Å². The zero-order valence-electron chi connectivity index (χ0n) is 6.06. The van der Waals surface area contributed by atoms with Gasteiger partial charge >= 0.3 is 0 Å². The highest BCUT2D eigenvalue weighted by molar-refractivity contribution is 6.33. The van der Waals surface area contributed by atoms with Crippen molar-refractivity contribution in [3.8, 4) is 6.07 Å². The van der Waals surface area contributed by atoms with E-state index in [1.54, 1.807) is 12.1 Å². The number of nitriles is 1. The summed E-state index contributed by atoms with van der Waals surface area (Å²) < 4.78 is 0. The molecule has 0 fully saturated rings. The van der Waals surface area contributed by atoms with E-state index in [0.717, 1.165) is 5.56 Å². The second-order valence-corrected chi connectivity index (χ2v) is 2.69. The first-order chi connectivity index (χ1) is 5.15. The molecule has 11 heavy (non-hydrogen) atoms. The van der Waals surface area contributed by atoms with Gasteiger partial charge in [-0.15, -0.1) is 0 Å². The van der Waals surface area contributed by atoms with Crippen molar-refractivity contribution < 1.29 is 0 Å². The van der Waals surface area contributed by atoms with E-state index in [1.165, 1.54) is 0 Å². The molecule has 0 aliphatic rings. The summed E-state index contributed by atoms with van der Waals surface area (Å²) in [6.07, 6.45) is 0. The van der Waals surface area contributed by atoms with Gasteiger partial charge in [-0.3, -0.25) is 0 Å². The Kier molecular flexibility index (Phi) is 2.02. The lowest BCUT2D eigenvalue weighted by Crippen LogP contribution is -1.90. The number of hydrogen-bond acceptors (Lipinski definition) is 2. The van der Waals surface area contributed by atoms with Crippen molar-refractivity contribution in [2.45, 2.75) is 6.92 Å². The predicted octanol–water partition coefficient (Wildman–Crippen LogP) is 2.10. The molecule has 0 aromatic heterocycles. The molecule has 2 nitrogen and oxygen atoms in total. The summed E-state index contributed by atoms with van der Waals surface area (Å²) >= 11 is 5.77. The van der Waals surface area contributed by atoms with Crippen LogP contribution in [0.4, 0.5) is 5.69 Å². The lowest BCUT2D eigenvalue weighted by molar-refractivity contribution is 1.42. The third kappa shape index (κ3) is 1.44. The van der Waals surface area contributed by atoms with Gasteiger partial charge in [-0.2, -0.15) is 5.26 Å².